The number of hydrogen-bond acceptors (Lipinski definition) is 7. The minimum atomic E-state index is -0.694. The summed E-state index contributed by atoms with van der Waals surface area (Å²) in [6.07, 6.45) is -0.583. The van der Waals surface area contributed by atoms with Crippen molar-refractivity contribution in [2.24, 2.45) is 0 Å². The average Bonchev–Trinajstić information content (AvgIpc) is 3.16. The number of carbonyl (C=O) groups is 3. The van der Waals surface area contributed by atoms with Gasteiger partial charge in [-0.05, 0) is 36.8 Å². The van der Waals surface area contributed by atoms with Crippen LogP contribution in [0.5, 0.6) is 17.2 Å². The molecule has 2 atom stereocenters. The van der Waals surface area contributed by atoms with Gasteiger partial charge in [0.15, 0.2) is 11.5 Å². The molecule has 3 amide bonds. The van der Waals surface area contributed by atoms with E-state index in [0.717, 1.165) is 5.56 Å². The first-order chi connectivity index (χ1) is 16.5. The Hall–Kier alpha value is -3.59. The van der Waals surface area contributed by atoms with Gasteiger partial charge in [0, 0.05) is 26.2 Å². The fraction of sp³-hybridized carbons (Fsp3) is 0.400. The number of nitrogens with zero attached hydrogens (tertiary/aromatic N) is 3. The molecule has 5 rings (SSSR count). The number of hydrogen-bond donors (Lipinski definition) is 0. The van der Waals surface area contributed by atoms with Gasteiger partial charge in [-0.15, -0.1) is 0 Å². The largest absolute Gasteiger partial charge is 0.495 e. The summed E-state index contributed by atoms with van der Waals surface area (Å²) >= 11 is 0. The molecule has 2 saturated heterocycles. The van der Waals surface area contributed by atoms with Gasteiger partial charge < -0.3 is 19.1 Å². The quantitative estimate of drug-likeness (QED) is 0.634. The Balaban J connectivity index is 1.22. The van der Waals surface area contributed by atoms with Crippen molar-refractivity contribution in [1.82, 2.24) is 9.80 Å². The smallest absolute Gasteiger partial charge is 0.267 e. The molecule has 34 heavy (non-hydrogen) atoms. The van der Waals surface area contributed by atoms with Crippen LogP contribution < -0.4 is 19.1 Å². The molecule has 2 aromatic rings. The maximum Gasteiger partial charge on any atom is 0.267 e. The highest BCUT2D eigenvalue weighted by Crippen LogP contribution is 2.35. The van der Waals surface area contributed by atoms with Gasteiger partial charge in [0.1, 0.15) is 12.4 Å². The van der Waals surface area contributed by atoms with E-state index in [-0.39, 0.29) is 30.7 Å². The van der Waals surface area contributed by atoms with Gasteiger partial charge in [0.05, 0.1) is 25.3 Å². The summed E-state index contributed by atoms with van der Waals surface area (Å²) in [5.74, 6) is 1.05. The summed E-state index contributed by atoms with van der Waals surface area (Å²) in [6.45, 7) is 3.97. The lowest BCUT2D eigenvalue weighted by molar-refractivity contribution is -0.143. The Kier molecular flexibility index (Phi) is 5.87. The third-order valence-corrected chi connectivity index (χ3v) is 6.55. The van der Waals surface area contributed by atoms with Crippen LogP contribution in [0, 0.1) is 6.92 Å². The number of aryl methyl sites for hydroxylation is 1. The molecule has 0 N–H and O–H groups in total. The predicted octanol–water partition coefficient (Wildman–Crippen LogP) is 1.62. The van der Waals surface area contributed by atoms with Crippen molar-refractivity contribution in [1.29, 1.82) is 0 Å². The number of benzene rings is 2. The Labute approximate surface area is 197 Å². The average molecular weight is 466 g/mol. The van der Waals surface area contributed by atoms with Crippen molar-refractivity contribution in [3.8, 4) is 17.2 Å². The number of methoxy groups -OCH3 is 1. The van der Waals surface area contributed by atoms with Crippen LogP contribution in [0.25, 0.3) is 0 Å². The second kappa shape index (κ2) is 8.98. The summed E-state index contributed by atoms with van der Waals surface area (Å²) < 4.78 is 16.9. The molecule has 0 saturated carbocycles. The van der Waals surface area contributed by atoms with Crippen molar-refractivity contribution in [2.45, 2.75) is 25.5 Å². The lowest BCUT2D eigenvalue weighted by atomic mass is 10.1. The fourth-order valence-electron chi connectivity index (χ4n) is 4.73. The van der Waals surface area contributed by atoms with Crippen molar-refractivity contribution < 1.29 is 28.6 Å². The van der Waals surface area contributed by atoms with E-state index in [4.69, 9.17) is 14.2 Å². The topological polar surface area (TPSA) is 88.6 Å². The Morgan fingerprint density at radius 3 is 2.50 bits per heavy atom. The molecular formula is C25H27N3O6. The molecule has 178 valence electrons. The number of piperazine rings is 1. The summed E-state index contributed by atoms with van der Waals surface area (Å²) in [4.78, 5) is 44.1. The van der Waals surface area contributed by atoms with Crippen LogP contribution >= 0.6 is 0 Å². The molecule has 9 nitrogen and oxygen atoms in total. The van der Waals surface area contributed by atoms with Crippen LogP contribution in [-0.4, -0.2) is 79.6 Å². The van der Waals surface area contributed by atoms with Crippen LogP contribution in [0.15, 0.2) is 42.5 Å². The highest BCUT2D eigenvalue weighted by atomic mass is 16.6. The summed E-state index contributed by atoms with van der Waals surface area (Å²) in [5, 5.41) is 0. The van der Waals surface area contributed by atoms with E-state index < -0.39 is 12.1 Å². The van der Waals surface area contributed by atoms with E-state index in [1.165, 1.54) is 12.0 Å². The van der Waals surface area contributed by atoms with Gasteiger partial charge in [0.2, 0.25) is 12.0 Å². The monoisotopic (exact) mass is 465 g/mol. The van der Waals surface area contributed by atoms with E-state index in [9.17, 15) is 14.4 Å². The van der Waals surface area contributed by atoms with Crippen molar-refractivity contribution in [2.75, 3.05) is 44.8 Å². The number of rotatable bonds is 4. The molecule has 3 aliphatic rings. The first-order valence-corrected chi connectivity index (χ1v) is 11.4. The van der Waals surface area contributed by atoms with Crippen molar-refractivity contribution >= 4 is 23.4 Å². The fourth-order valence-corrected chi connectivity index (χ4v) is 4.73. The number of amides is 3. The van der Waals surface area contributed by atoms with E-state index in [1.54, 1.807) is 23.1 Å². The molecule has 3 aliphatic heterocycles. The minimum absolute atomic E-state index is 0.111. The SMILES string of the molecule is COc1ccc(C)cc1N1C(=O)C[C@H](N2CCN(C(=O)[C@H]3COc4ccccc4O3)CC2)C1=O. The van der Waals surface area contributed by atoms with Gasteiger partial charge in [-0.2, -0.15) is 0 Å². The Morgan fingerprint density at radius 2 is 1.76 bits per heavy atom. The van der Waals surface area contributed by atoms with Crippen LogP contribution in [-0.2, 0) is 14.4 Å². The number of anilines is 1. The lowest BCUT2D eigenvalue weighted by Gasteiger charge is -2.38. The zero-order chi connectivity index (χ0) is 23.8. The molecule has 0 unspecified atom stereocenters. The Morgan fingerprint density at radius 1 is 1.03 bits per heavy atom. The number of fused-ring (bicyclic) bond motifs is 1. The number of carbonyl (C=O) groups excluding carboxylic acids is 3. The third-order valence-electron chi connectivity index (χ3n) is 6.55. The highest BCUT2D eigenvalue weighted by Gasteiger charge is 2.45. The second-order valence-electron chi connectivity index (χ2n) is 8.69. The normalized spacial score (nSPS) is 22.8. The number of imide groups is 1. The first kappa shape index (κ1) is 22.2. The standard InChI is InChI=1S/C25H27N3O6/c1-16-7-8-19(32-2)17(13-16)28-23(29)14-18(24(28)30)26-9-11-27(12-10-26)25(31)22-15-33-20-5-3-4-6-21(20)34-22/h3-8,13,18,22H,9-12,14-15H2,1-2H3/t18-,22+/m0/s1. The highest BCUT2D eigenvalue weighted by molar-refractivity contribution is 6.23. The van der Waals surface area contributed by atoms with Gasteiger partial charge in [-0.25, -0.2) is 4.90 Å². The molecule has 0 radical (unpaired) electrons. The molecule has 0 bridgehead atoms. The number of para-hydroxylation sites is 2. The van der Waals surface area contributed by atoms with Crippen molar-refractivity contribution in [3.63, 3.8) is 0 Å². The van der Waals surface area contributed by atoms with Gasteiger partial charge in [-0.1, -0.05) is 18.2 Å². The molecule has 0 spiro atoms. The van der Waals surface area contributed by atoms with E-state index in [1.807, 2.05) is 36.1 Å². The molecular weight excluding hydrogens is 438 g/mol. The summed E-state index contributed by atoms with van der Waals surface area (Å²) in [5.41, 5.74) is 1.41. The Bertz CT molecular complexity index is 1130. The second-order valence-corrected chi connectivity index (χ2v) is 8.69. The minimum Gasteiger partial charge on any atom is -0.495 e. The van der Waals surface area contributed by atoms with Crippen LogP contribution in [0.3, 0.4) is 0 Å². The molecule has 0 aliphatic carbocycles. The molecule has 3 heterocycles. The zero-order valence-corrected chi connectivity index (χ0v) is 19.2. The van der Waals surface area contributed by atoms with E-state index >= 15 is 0 Å². The van der Waals surface area contributed by atoms with E-state index in [2.05, 4.69) is 0 Å². The van der Waals surface area contributed by atoms with E-state index in [0.29, 0.717) is 49.1 Å². The molecule has 9 heteroatoms. The molecule has 2 aromatic carbocycles. The number of ether oxygens (including phenoxy) is 3. The van der Waals surface area contributed by atoms with Crippen LogP contribution in [0.2, 0.25) is 0 Å². The summed E-state index contributed by atoms with van der Waals surface area (Å²) in [7, 11) is 1.52. The molecule has 2 fully saturated rings. The van der Waals surface area contributed by atoms with Crippen molar-refractivity contribution in [3.05, 3.63) is 48.0 Å². The lowest BCUT2D eigenvalue weighted by Crippen LogP contribution is -2.57. The van der Waals surface area contributed by atoms with Gasteiger partial charge >= 0.3 is 0 Å². The maximum absolute atomic E-state index is 13.3. The molecule has 0 aromatic heterocycles. The third kappa shape index (κ3) is 3.96. The van der Waals surface area contributed by atoms with Gasteiger partial charge in [-0.3, -0.25) is 19.3 Å². The first-order valence-electron chi connectivity index (χ1n) is 11.4. The van der Waals surface area contributed by atoms with Crippen LogP contribution in [0.4, 0.5) is 5.69 Å². The zero-order valence-electron chi connectivity index (χ0n) is 19.2. The predicted molar refractivity (Wildman–Crippen MR) is 123 cm³/mol. The maximum atomic E-state index is 13.3. The van der Waals surface area contributed by atoms with Gasteiger partial charge in [0.25, 0.3) is 11.8 Å². The summed E-state index contributed by atoms with van der Waals surface area (Å²) in [6, 6.07) is 12.2. The van der Waals surface area contributed by atoms with Crippen LogP contribution in [0.1, 0.15) is 12.0 Å².